The highest BCUT2D eigenvalue weighted by molar-refractivity contribution is 5.83. The summed E-state index contributed by atoms with van der Waals surface area (Å²) in [6.07, 6.45) is 0.751. The SMILES string of the molecule is CC(C)(C)CC(=O)N1CCC(N)(C(=O)O)C1. The van der Waals surface area contributed by atoms with Gasteiger partial charge in [0.1, 0.15) is 5.54 Å². The summed E-state index contributed by atoms with van der Waals surface area (Å²) in [7, 11) is 0. The second kappa shape index (κ2) is 4.05. The van der Waals surface area contributed by atoms with Crippen LogP contribution in [0.2, 0.25) is 0 Å². The van der Waals surface area contributed by atoms with Crippen molar-refractivity contribution in [3.63, 3.8) is 0 Å². The third-order valence-electron chi connectivity index (χ3n) is 2.76. The van der Waals surface area contributed by atoms with Gasteiger partial charge in [-0.3, -0.25) is 9.59 Å². The van der Waals surface area contributed by atoms with Crippen molar-refractivity contribution in [2.24, 2.45) is 11.1 Å². The lowest BCUT2D eigenvalue weighted by Crippen LogP contribution is -2.50. The van der Waals surface area contributed by atoms with Gasteiger partial charge in [0.15, 0.2) is 0 Å². The predicted octanol–water partition coefficient (Wildman–Crippen LogP) is 0.437. The third kappa shape index (κ3) is 2.95. The Balaban J connectivity index is 2.60. The van der Waals surface area contributed by atoms with Gasteiger partial charge >= 0.3 is 5.97 Å². The molecule has 0 aromatic rings. The molecule has 1 saturated heterocycles. The molecule has 0 spiro atoms. The molecule has 92 valence electrons. The molecule has 0 aromatic heterocycles. The van der Waals surface area contributed by atoms with E-state index < -0.39 is 11.5 Å². The monoisotopic (exact) mass is 228 g/mol. The first kappa shape index (κ1) is 13.0. The van der Waals surface area contributed by atoms with Gasteiger partial charge in [0.2, 0.25) is 5.91 Å². The van der Waals surface area contributed by atoms with Crippen molar-refractivity contribution in [1.29, 1.82) is 0 Å². The Morgan fingerprint density at radius 2 is 2.00 bits per heavy atom. The van der Waals surface area contributed by atoms with E-state index in [-0.39, 0.29) is 17.9 Å². The van der Waals surface area contributed by atoms with Crippen molar-refractivity contribution >= 4 is 11.9 Å². The zero-order chi connectivity index (χ0) is 12.6. The minimum Gasteiger partial charge on any atom is -0.480 e. The van der Waals surface area contributed by atoms with Crippen LogP contribution in [-0.2, 0) is 9.59 Å². The number of nitrogens with two attached hydrogens (primary N) is 1. The lowest BCUT2D eigenvalue weighted by atomic mass is 9.91. The van der Waals surface area contributed by atoms with Crippen LogP contribution in [0.4, 0.5) is 0 Å². The lowest BCUT2D eigenvalue weighted by Gasteiger charge is -2.24. The smallest absolute Gasteiger partial charge is 0.325 e. The van der Waals surface area contributed by atoms with E-state index in [0.717, 1.165) is 0 Å². The van der Waals surface area contributed by atoms with Crippen LogP contribution in [0.3, 0.4) is 0 Å². The summed E-state index contributed by atoms with van der Waals surface area (Å²) < 4.78 is 0. The zero-order valence-corrected chi connectivity index (χ0v) is 10.1. The van der Waals surface area contributed by atoms with Gasteiger partial charge in [0.05, 0.1) is 0 Å². The molecule has 0 radical (unpaired) electrons. The number of hydrogen-bond donors (Lipinski definition) is 2. The third-order valence-corrected chi connectivity index (χ3v) is 2.76. The number of carboxylic acids is 1. The molecular weight excluding hydrogens is 208 g/mol. The molecule has 1 aliphatic heterocycles. The maximum absolute atomic E-state index is 11.8. The second-order valence-corrected chi connectivity index (χ2v) is 5.76. The van der Waals surface area contributed by atoms with E-state index in [1.54, 1.807) is 4.90 Å². The Bertz CT molecular complexity index is 309. The van der Waals surface area contributed by atoms with Crippen LogP contribution in [0.5, 0.6) is 0 Å². The van der Waals surface area contributed by atoms with E-state index >= 15 is 0 Å². The maximum Gasteiger partial charge on any atom is 0.325 e. The van der Waals surface area contributed by atoms with Crippen LogP contribution < -0.4 is 5.73 Å². The lowest BCUT2D eigenvalue weighted by molar-refractivity contribution is -0.143. The first-order valence-electron chi connectivity index (χ1n) is 5.44. The van der Waals surface area contributed by atoms with Gasteiger partial charge in [-0.2, -0.15) is 0 Å². The fourth-order valence-electron chi connectivity index (χ4n) is 1.79. The highest BCUT2D eigenvalue weighted by Crippen LogP contribution is 2.24. The van der Waals surface area contributed by atoms with Crippen molar-refractivity contribution in [3.8, 4) is 0 Å². The number of rotatable bonds is 2. The van der Waals surface area contributed by atoms with Gasteiger partial charge < -0.3 is 15.7 Å². The Kier molecular flexibility index (Phi) is 3.28. The Morgan fingerprint density at radius 1 is 1.44 bits per heavy atom. The minimum absolute atomic E-state index is 0.0129. The molecular formula is C11H20N2O3. The summed E-state index contributed by atoms with van der Waals surface area (Å²) in [6.45, 7) is 6.50. The van der Waals surface area contributed by atoms with Gasteiger partial charge in [-0.15, -0.1) is 0 Å². The van der Waals surface area contributed by atoms with Crippen molar-refractivity contribution < 1.29 is 14.7 Å². The Hall–Kier alpha value is -1.10. The van der Waals surface area contributed by atoms with Crippen LogP contribution >= 0.6 is 0 Å². The van der Waals surface area contributed by atoms with Crippen LogP contribution in [0.25, 0.3) is 0 Å². The van der Waals surface area contributed by atoms with Crippen LogP contribution in [0.1, 0.15) is 33.6 Å². The maximum atomic E-state index is 11.8. The molecule has 3 N–H and O–H groups in total. The molecule has 0 saturated carbocycles. The van der Waals surface area contributed by atoms with Crippen molar-refractivity contribution in [2.75, 3.05) is 13.1 Å². The summed E-state index contributed by atoms with van der Waals surface area (Å²) >= 11 is 0. The van der Waals surface area contributed by atoms with Crippen molar-refractivity contribution in [1.82, 2.24) is 4.90 Å². The summed E-state index contributed by atoms with van der Waals surface area (Å²) in [4.78, 5) is 24.3. The summed E-state index contributed by atoms with van der Waals surface area (Å²) in [6, 6.07) is 0. The van der Waals surface area contributed by atoms with E-state index in [1.165, 1.54) is 0 Å². The molecule has 0 aliphatic carbocycles. The summed E-state index contributed by atoms with van der Waals surface area (Å²) in [5.41, 5.74) is 4.36. The Morgan fingerprint density at radius 3 is 2.38 bits per heavy atom. The molecule has 1 rings (SSSR count). The highest BCUT2D eigenvalue weighted by Gasteiger charge is 2.43. The fraction of sp³-hybridized carbons (Fsp3) is 0.818. The number of nitrogens with zero attached hydrogens (tertiary/aromatic N) is 1. The van der Waals surface area contributed by atoms with Crippen molar-refractivity contribution in [3.05, 3.63) is 0 Å². The minimum atomic E-state index is -1.26. The number of carbonyl (C=O) groups excluding carboxylic acids is 1. The second-order valence-electron chi connectivity index (χ2n) is 5.76. The molecule has 1 unspecified atom stereocenters. The molecule has 0 bridgehead atoms. The molecule has 1 heterocycles. The molecule has 1 aliphatic rings. The number of carboxylic acid groups (broad SMARTS) is 1. The number of amides is 1. The molecule has 1 fully saturated rings. The zero-order valence-electron chi connectivity index (χ0n) is 10.1. The fourth-order valence-corrected chi connectivity index (χ4v) is 1.79. The largest absolute Gasteiger partial charge is 0.480 e. The summed E-state index contributed by atoms with van der Waals surface area (Å²) in [5, 5.41) is 8.94. The molecule has 16 heavy (non-hydrogen) atoms. The quantitative estimate of drug-likeness (QED) is 0.718. The Labute approximate surface area is 95.6 Å². The number of aliphatic carboxylic acids is 1. The summed E-state index contributed by atoms with van der Waals surface area (Å²) in [5.74, 6) is -1.04. The first-order valence-corrected chi connectivity index (χ1v) is 5.44. The van der Waals surface area contributed by atoms with Gasteiger partial charge in [-0.05, 0) is 11.8 Å². The standard InChI is InChI=1S/C11H20N2O3/c1-10(2,3)6-8(14)13-5-4-11(12,7-13)9(15)16/h4-7,12H2,1-3H3,(H,15,16). The predicted molar refractivity (Wildman–Crippen MR) is 59.8 cm³/mol. The molecule has 5 heteroatoms. The van der Waals surface area contributed by atoms with Crippen molar-refractivity contribution in [2.45, 2.75) is 39.2 Å². The van der Waals surface area contributed by atoms with Gasteiger partial charge in [-0.25, -0.2) is 0 Å². The van der Waals surface area contributed by atoms with E-state index in [1.807, 2.05) is 20.8 Å². The molecule has 0 aromatic carbocycles. The number of carbonyl (C=O) groups is 2. The van der Waals surface area contributed by atoms with Gasteiger partial charge in [-0.1, -0.05) is 20.8 Å². The van der Waals surface area contributed by atoms with E-state index in [2.05, 4.69) is 0 Å². The van der Waals surface area contributed by atoms with Crippen LogP contribution in [0.15, 0.2) is 0 Å². The topological polar surface area (TPSA) is 83.6 Å². The molecule has 5 nitrogen and oxygen atoms in total. The first-order chi connectivity index (χ1) is 7.14. The van der Waals surface area contributed by atoms with E-state index in [4.69, 9.17) is 10.8 Å². The van der Waals surface area contributed by atoms with E-state index in [9.17, 15) is 9.59 Å². The highest BCUT2D eigenvalue weighted by atomic mass is 16.4. The molecule has 1 atom stereocenters. The van der Waals surface area contributed by atoms with Gasteiger partial charge in [0.25, 0.3) is 0 Å². The molecule has 1 amide bonds. The van der Waals surface area contributed by atoms with E-state index in [0.29, 0.717) is 19.4 Å². The van der Waals surface area contributed by atoms with Gasteiger partial charge in [0, 0.05) is 19.5 Å². The number of likely N-dealkylation sites (tertiary alicyclic amines) is 1. The number of hydrogen-bond acceptors (Lipinski definition) is 3. The average molecular weight is 228 g/mol. The average Bonchev–Trinajstić information content (AvgIpc) is 2.46. The van der Waals surface area contributed by atoms with Crippen LogP contribution in [0, 0.1) is 5.41 Å². The van der Waals surface area contributed by atoms with Crippen LogP contribution in [-0.4, -0.2) is 40.5 Å². The normalized spacial score (nSPS) is 25.9.